The van der Waals surface area contributed by atoms with Crippen LogP contribution in [-0.2, 0) is 0 Å². The van der Waals surface area contributed by atoms with Crippen LogP contribution < -0.4 is 10.6 Å². The molecule has 0 spiro atoms. The lowest BCUT2D eigenvalue weighted by Crippen LogP contribution is -2.51. The van der Waals surface area contributed by atoms with Crippen molar-refractivity contribution in [2.75, 3.05) is 11.9 Å². The van der Waals surface area contributed by atoms with Crippen molar-refractivity contribution in [1.82, 2.24) is 5.32 Å². The Kier molecular flexibility index (Phi) is 3.86. The molecular formula is C20H26N2O2. The number of hydrogen-bond donors (Lipinski definition) is 2. The molecule has 5 rings (SSSR count). The number of ketones is 1. The average Bonchev–Trinajstić information content (AvgIpc) is 2.52. The van der Waals surface area contributed by atoms with Gasteiger partial charge in [0, 0.05) is 17.8 Å². The Hall–Kier alpha value is -1.84. The number of rotatable bonds is 4. The minimum absolute atomic E-state index is 0.0350. The van der Waals surface area contributed by atoms with Crippen molar-refractivity contribution in [2.45, 2.75) is 45.4 Å². The zero-order valence-corrected chi connectivity index (χ0v) is 14.3. The SMILES string of the molecule is CC(=O)c1ccc(NC(=O)NCC23CC4CC(CC(C4)C2)C3)cc1. The molecule has 4 bridgehead atoms. The van der Waals surface area contributed by atoms with E-state index < -0.39 is 0 Å². The van der Waals surface area contributed by atoms with Crippen molar-refractivity contribution >= 4 is 17.5 Å². The summed E-state index contributed by atoms with van der Waals surface area (Å²) in [5.41, 5.74) is 1.74. The summed E-state index contributed by atoms with van der Waals surface area (Å²) in [6, 6.07) is 6.91. The highest BCUT2D eigenvalue weighted by Crippen LogP contribution is 2.59. The molecule has 0 radical (unpaired) electrons. The van der Waals surface area contributed by atoms with Gasteiger partial charge >= 0.3 is 6.03 Å². The molecule has 2 amide bonds. The van der Waals surface area contributed by atoms with Gasteiger partial charge in [-0.2, -0.15) is 0 Å². The van der Waals surface area contributed by atoms with Crippen molar-refractivity contribution in [2.24, 2.45) is 23.2 Å². The Labute approximate surface area is 143 Å². The standard InChI is InChI=1S/C20H26N2O2/c1-13(23)17-2-4-18(5-3-17)22-19(24)21-12-20-9-14-6-15(10-20)8-16(7-14)11-20/h2-5,14-16H,6-12H2,1H3,(H2,21,22,24). The summed E-state index contributed by atoms with van der Waals surface area (Å²) in [5, 5.41) is 5.99. The van der Waals surface area contributed by atoms with Gasteiger partial charge in [-0.15, -0.1) is 0 Å². The number of benzene rings is 1. The number of carbonyl (C=O) groups excluding carboxylic acids is 2. The van der Waals surface area contributed by atoms with Gasteiger partial charge in [-0.25, -0.2) is 4.79 Å². The second-order valence-corrected chi connectivity index (χ2v) is 8.36. The zero-order valence-electron chi connectivity index (χ0n) is 14.3. The Bertz CT molecular complexity index is 615. The highest BCUT2D eigenvalue weighted by Gasteiger charge is 2.50. The summed E-state index contributed by atoms with van der Waals surface area (Å²) >= 11 is 0. The van der Waals surface area contributed by atoms with Crippen LogP contribution in [0.5, 0.6) is 0 Å². The lowest BCUT2D eigenvalue weighted by atomic mass is 9.49. The van der Waals surface area contributed by atoms with Gasteiger partial charge in [-0.05, 0) is 92.9 Å². The van der Waals surface area contributed by atoms with Crippen molar-refractivity contribution in [3.63, 3.8) is 0 Å². The summed E-state index contributed by atoms with van der Waals surface area (Å²) in [7, 11) is 0. The van der Waals surface area contributed by atoms with E-state index >= 15 is 0 Å². The molecule has 0 saturated heterocycles. The highest BCUT2D eigenvalue weighted by atomic mass is 16.2. The maximum Gasteiger partial charge on any atom is 0.319 e. The van der Waals surface area contributed by atoms with E-state index in [1.165, 1.54) is 38.5 Å². The summed E-state index contributed by atoms with van der Waals surface area (Å²) < 4.78 is 0. The molecule has 2 N–H and O–H groups in total. The van der Waals surface area contributed by atoms with Crippen LogP contribution in [0.1, 0.15) is 55.8 Å². The van der Waals surface area contributed by atoms with Gasteiger partial charge in [0.15, 0.2) is 5.78 Å². The van der Waals surface area contributed by atoms with Crippen LogP contribution in [-0.4, -0.2) is 18.4 Å². The van der Waals surface area contributed by atoms with Crippen LogP contribution in [0.25, 0.3) is 0 Å². The van der Waals surface area contributed by atoms with Crippen LogP contribution in [0.2, 0.25) is 0 Å². The van der Waals surface area contributed by atoms with Crippen molar-refractivity contribution < 1.29 is 9.59 Å². The fourth-order valence-corrected chi connectivity index (χ4v) is 5.74. The van der Waals surface area contributed by atoms with E-state index in [2.05, 4.69) is 10.6 Å². The predicted octanol–water partition coefficient (Wildman–Crippen LogP) is 4.23. The first-order valence-electron chi connectivity index (χ1n) is 9.17. The second-order valence-electron chi connectivity index (χ2n) is 8.36. The fraction of sp³-hybridized carbons (Fsp3) is 0.600. The topological polar surface area (TPSA) is 58.2 Å². The van der Waals surface area contributed by atoms with Gasteiger partial charge in [-0.1, -0.05) is 0 Å². The normalized spacial score (nSPS) is 33.3. The first-order valence-corrected chi connectivity index (χ1v) is 9.17. The Morgan fingerprint density at radius 2 is 1.54 bits per heavy atom. The lowest BCUT2D eigenvalue weighted by molar-refractivity contribution is -0.0496. The summed E-state index contributed by atoms with van der Waals surface area (Å²) in [6.45, 7) is 2.34. The number of nitrogens with one attached hydrogen (secondary N) is 2. The molecule has 128 valence electrons. The number of hydrogen-bond acceptors (Lipinski definition) is 2. The highest BCUT2D eigenvalue weighted by molar-refractivity contribution is 5.95. The van der Waals surface area contributed by atoms with Gasteiger partial charge in [0.25, 0.3) is 0 Å². The van der Waals surface area contributed by atoms with E-state index in [9.17, 15) is 9.59 Å². The van der Waals surface area contributed by atoms with E-state index in [0.717, 1.165) is 30.0 Å². The largest absolute Gasteiger partial charge is 0.337 e. The second kappa shape index (κ2) is 5.91. The quantitative estimate of drug-likeness (QED) is 0.814. The molecule has 4 aliphatic rings. The molecule has 1 aromatic carbocycles. The van der Waals surface area contributed by atoms with Crippen LogP contribution >= 0.6 is 0 Å². The Morgan fingerprint density at radius 3 is 2.04 bits per heavy atom. The van der Waals surface area contributed by atoms with E-state index in [0.29, 0.717) is 11.0 Å². The number of Topliss-reactive ketones (excluding diaryl/α,β-unsaturated/α-hetero) is 1. The predicted molar refractivity (Wildman–Crippen MR) is 94.1 cm³/mol. The van der Waals surface area contributed by atoms with Gasteiger partial charge in [0.05, 0.1) is 0 Å². The molecule has 4 heteroatoms. The molecular weight excluding hydrogens is 300 g/mol. The van der Waals surface area contributed by atoms with Crippen LogP contribution in [0, 0.1) is 23.2 Å². The summed E-state index contributed by atoms with van der Waals surface area (Å²) in [5.74, 6) is 2.74. The van der Waals surface area contributed by atoms with E-state index in [4.69, 9.17) is 0 Å². The smallest absolute Gasteiger partial charge is 0.319 e. The average molecular weight is 326 g/mol. The molecule has 4 nitrogen and oxygen atoms in total. The van der Waals surface area contributed by atoms with Crippen LogP contribution in [0.3, 0.4) is 0 Å². The monoisotopic (exact) mass is 326 g/mol. The Balaban J connectivity index is 1.33. The van der Waals surface area contributed by atoms with Crippen LogP contribution in [0.4, 0.5) is 10.5 Å². The molecule has 1 aromatic rings. The van der Waals surface area contributed by atoms with Crippen molar-refractivity contribution in [3.8, 4) is 0 Å². The number of urea groups is 1. The number of anilines is 1. The van der Waals surface area contributed by atoms with E-state index in [-0.39, 0.29) is 11.8 Å². The lowest BCUT2D eigenvalue weighted by Gasteiger charge is -2.56. The first-order chi connectivity index (χ1) is 11.5. The molecule has 0 heterocycles. The molecule has 24 heavy (non-hydrogen) atoms. The summed E-state index contributed by atoms with van der Waals surface area (Å²) in [6.07, 6.45) is 8.17. The molecule has 4 aliphatic carbocycles. The van der Waals surface area contributed by atoms with E-state index in [1.807, 2.05) is 0 Å². The molecule has 4 fully saturated rings. The van der Waals surface area contributed by atoms with Gasteiger partial charge in [-0.3, -0.25) is 4.79 Å². The van der Waals surface area contributed by atoms with Gasteiger partial charge < -0.3 is 10.6 Å². The first kappa shape index (κ1) is 15.7. The third-order valence-electron chi connectivity index (χ3n) is 6.34. The van der Waals surface area contributed by atoms with Crippen molar-refractivity contribution in [3.05, 3.63) is 29.8 Å². The number of amides is 2. The van der Waals surface area contributed by atoms with E-state index in [1.54, 1.807) is 31.2 Å². The van der Waals surface area contributed by atoms with Gasteiger partial charge in [0.2, 0.25) is 0 Å². The summed E-state index contributed by atoms with van der Waals surface area (Å²) in [4.78, 5) is 23.5. The van der Waals surface area contributed by atoms with Gasteiger partial charge in [0.1, 0.15) is 0 Å². The maximum absolute atomic E-state index is 12.2. The van der Waals surface area contributed by atoms with Crippen molar-refractivity contribution in [1.29, 1.82) is 0 Å². The zero-order chi connectivity index (χ0) is 16.7. The third-order valence-corrected chi connectivity index (χ3v) is 6.34. The molecule has 0 atom stereocenters. The number of carbonyl (C=O) groups is 2. The fourth-order valence-electron chi connectivity index (χ4n) is 5.74. The molecule has 0 unspecified atom stereocenters. The third kappa shape index (κ3) is 3.06. The molecule has 0 aromatic heterocycles. The maximum atomic E-state index is 12.2. The van der Waals surface area contributed by atoms with Crippen LogP contribution in [0.15, 0.2) is 24.3 Å². The minimum Gasteiger partial charge on any atom is -0.337 e. The molecule has 0 aliphatic heterocycles. The minimum atomic E-state index is -0.138. The Morgan fingerprint density at radius 1 is 1.00 bits per heavy atom. The molecule has 4 saturated carbocycles.